The lowest BCUT2D eigenvalue weighted by Crippen LogP contribution is -2.16. The van der Waals surface area contributed by atoms with Crippen molar-refractivity contribution in [3.05, 3.63) is 56.9 Å². The van der Waals surface area contributed by atoms with Crippen molar-refractivity contribution in [2.75, 3.05) is 19.0 Å². The van der Waals surface area contributed by atoms with Gasteiger partial charge >= 0.3 is 5.97 Å². The van der Waals surface area contributed by atoms with Crippen molar-refractivity contribution in [1.82, 2.24) is 4.57 Å². The summed E-state index contributed by atoms with van der Waals surface area (Å²) in [4.78, 5) is 34.8. The second-order valence-electron chi connectivity index (χ2n) is 5.58. The van der Waals surface area contributed by atoms with Gasteiger partial charge < -0.3 is 14.6 Å². The fourth-order valence-corrected chi connectivity index (χ4v) is 2.46. The number of esters is 1. The molecule has 8 nitrogen and oxygen atoms in total. The van der Waals surface area contributed by atoms with E-state index in [0.29, 0.717) is 11.3 Å². The van der Waals surface area contributed by atoms with Crippen LogP contribution < -0.4 is 5.32 Å². The van der Waals surface area contributed by atoms with Gasteiger partial charge in [-0.05, 0) is 26.0 Å². The maximum atomic E-state index is 12.3. The van der Waals surface area contributed by atoms with E-state index in [-0.39, 0.29) is 17.0 Å². The topological polar surface area (TPSA) is 103 Å². The maximum Gasteiger partial charge on any atom is 0.340 e. The van der Waals surface area contributed by atoms with Crippen LogP contribution in [0.1, 0.15) is 32.1 Å². The van der Waals surface area contributed by atoms with E-state index in [1.807, 2.05) is 25.5 Å². The van der Waals surface area contributed by atoms with Crippen LogP contribution in [-0.2, 0) is 11.8 Å². The van der Waals surface area contributed by atoms with E-state index < -0.39 is 17.5 Å². The first kappa shape index (κ1) is 18.2. The summed E-state index contributed by atoms with van der Waals surface area (Å²) < 4.78 is 6.94. The van der Waals surface area contributed by atoms with Gasteiger partial charge in [0.05, 0.1) is 10.5 Å². The lowest BCUT2D eigenvalue weighted by atomic mass is 10.1. The first-order valence-electron chi connectivity index (χ1n) is 7.55. The molecule has 0 spiro atoms. The number of nitro benzene ring substituents is 1. The smallest absolute Gasteiger partial charge is 0.340 e. The Balaban J connectivity index is 2.17. The van der Waals surface area contributed by atoms with Gasteiger partial charge in [0.1, 0.15) is 0 Å². The molecule has 0 aliphatic heterocycles. The second kappa shape index (κ2) is 7.16. The Labute approximate surface area is 144 Å². The van der Waals surface area contributed by atoms with Crippen LogP contribution >= 0.6 is 0 Å². The summed E-state index contributed by atoms with van der Waals surface area (Å²) in [5.74, 6) is -1.13. The van der Waals surface area contributed by atoms with Crippen LogP contribution in [0.15, 0.2) is 24.3 Å². The fourth-order valence-electron chi connectivity index (χ4n) is 2.46. The number of aryl methyl sites for hydroxylation is 1. The number of benzene rings is 1. The van der Waals surface area contributed by atoms with Gasteiger partial charge in [0.25, 0.3) is 5.69 Å². The highest BCUT2D eigenvalue weighted by atomic mass is 16.6. The summed E-state index contributed by atoms with van der Waals surface area (Å²) in [6.07, 6.45) is 0. The van der Waals surface area contributed by atoms with Gasteiger partial charge in [0.2, 0.25) is 5.78 Å². The third-order valence-corrected chi connectivity index (χ3v) is 4.11. The molecule has 25 heavy (non-hydrogen) atoms. The van der Waals surface area contributed by atoms with Gasteiger partial charge in [-0.15, -0.1) is 0 Å². The van der Waals surface area contributed by atoms with E-state index in [0.717, 1.165) is 17.5 Å². The lowest BCUT2D eigenvalue weighted by Gasteiger charge is -2.09. The van der Waals surface area contributed by atoms with Gasteiger partial charge in [-0.3, -0.25) is 14.9 Å². The van der Waals surface area contributed by atoms with Crippen LogP contribution in [0.4, 0.5) is 11.4 Å². The van der Waals surface area contributed by atoms with E-state index in [4.69, 9.17) is 4.74 Å². The Morgan fingerprint density at radius 3 is 2.44 bits per heavy atom. The van der Waals surface area contributed by atoms with Crippen molar-refractivity contribution in [3.63, 3.8) is 0 Å². The molecule has 1 N–H and O–H groups in total. The largest absolute Gasteiger partial charge is 0.454 e. The Morgan fingerprint density at radius 2 is 1.92 bits per heavy atom. The molecule has 0 saturated heterocycles. The first-order chi connectivity index (χ1) is 11.8. The van der Waals surface area contributed by atoms with Gasteiger partial charge in [-0.2, -0.15) is 0 Å². The minimum atomic E-state index is -0.799. The zero-order valence-corrected chi connectivity index (χ0v) is 14.5. The number of carbonyl (C=O) groups excluding carboxylic acids is 2. The highest BCUT2D eigenvalue weighted by molar-refractivity contribution is 6.02. The average molecular weight is 345 g/mol. The molecule has 2 rings (SSSR count). The van der Waals surface area contributed by atoms with Crippen molar-refractivity contribution in [2.45, 2.75) is 13.8 Å². The van der Waals surface area contributed by atoms with Gasteiger partial charge in [0, 0.05) is 48.9 Å². The molecule has 8 heteroatoms. The molecule has 0 amide bonds. The van der Waals surface area contributed by atoms with E-state index in [1.54, 1.807) is 13.1 Å². The molecule has 0 saturated carbocycles. The number of hydrogen-bond donors (Lipinski definition) is 1. The molecule has 0 aliphatic rings. The molecule has 1 heterocycles. The summed E-state index contributed by atoms with van der Waals surface area (Å²) in [6, 6.07) is 5.56. The van der Waals surface area contributed by atoms with E-state index in [9.17, 15) is 19.7 Å². The number of Topliss-reactive ketones (excluding diaryl/α,β-unsaturated/α-hetero) is 1. The molecule has 1 aromatic carbocycles. The number of aromatic nitrogens is 1. The van der Waals surface area contributed by atoms with Gasteiger partial charge in [-0.1, -0.05) is 0 Å². The zero-order chi connectivity index (χ0) is 18.7. The van der Waals surface area contributed by atoms with E-state index in [2.05, 4.69) is 5.32 Å². The molecule has 132 valence electrons. The maximum absolute atomic E-state index is 12.3. The fraction of sp³-hybridized carbons (Fsp3) is 0.294. The SMILES string of the molecule is CNc1ccc([N+](=O)[O-])cc1C(=O)OCC(=O)c1cc(C)n(C)c1C. The molecule has 0 aliphatic carbocycles. The van der Waals surface area contributed by atoms with Crippen molar-refractivity contribution in [3.8, 4) is 0 Å². The average Bonchev–Trinajstić information content (AvgIpc) is 2.86. The first-order valence-corrected chi connectivity index (χ1v) is 7.55. The number of carbonyl (C=O) groups is 2. The van der Waals surface area contributed by atoms with E-state index in [1.165, 1.54) is 12.1 Å². The van der Waals surface area contributed by atoms with Gasteiger partial charge in [0.15, 0.2) is 6.61 Å². The number of nitrogens with one attached hydrogen (secondary N) is 1. The quantitative estimate of drug-likeness (QED) is 0.373. The number of hydrogen-bond acceptors (Lipinski definition) is 6. The lowest BCUT2D eigenvalue weighted by molar-refractivity contribution is -0.384. The summed E-state index contributed by atoms with van der Waals surface area (Å²) >= 11 is 0. The standard InChI is InChI=1S/C17H19N3O5/c1-10-7-13(11(2)19(10)4)16(21)9-25-17(22)14-8-12(20(23)24)5-6-15(14)18-3/h5-8,18H,9H2,1-4H3. The van der Waals surface area contributed by atoms with Crippen LogP contribution in [0.25, 0.3) is 0 Å². The number of nitro groups is 1. The van der Waals surface area contributed by atoms with Crippen LogP contribution in [-0.4, -0.2) is 34.9 Å². The third-order valence-electron chi connectivity index (χ3n) is 4.11. The normalized spacial score (nSPS) is 10.4. The predicted octanol–water partition coefficient (Wildman–Crippen LogP) is 2.63. The zero-order valence-electron chi connectivity index (χ0n) is 14.5. The highest BCUT2D eigenvalue weighted by Crippen LogP contribution is 2.23. The molecule has 0 atom stereocenters. The Morgan fingerprint density at radius 1 is 1.24 bits per heavy atom. The summed E-state index contributed by atoms with van der Waals surface area (Å²) in [6.45, 7) is 3.24. The molecular formula is C17H19N3O5. The number of nitrogens with zero attached hydrogens (tertiary/aromatic N) is 2. The Kier molecular flexibility index (Phi) is 5.21. The van der Waals surface area contributed by atoms with E-state index >= 15 is 0 Å². The molecule has 2 aromatic rings. The number of non-ortho nitro benzene ring substituents is 1. The van der Waals surface area contributed by atoms with Crippen molar-refractivity contribution in [1.29, 1.82) is 0 Å². The third kappa shape index (κ3) is 3.68. The summed E-state index contributed by atoms with van der Waals surface area (Å²) in [5, 5.41) is 13.6. The van der Waals surface area contributed by atoms with Crippen molar-refractivity contribution >= 4 is 23.1 Å². The van der Waals surface area contributed by atoms with Gasteiger partial charge in [-0.25, -0.2) is 4.79 Å². The molecule has 0 unspecified atom stereocenters. The molecule has 0 radical (unpaired) electrons. The molecular weight excluding hydrogens is 326 g/mol. The van der Waals surface area contributed by atoms with Crippen LogP contribution in [0.5, 0.6) is 0 Å². The minimum absolute atomic E-state index is 0.00506. The summed E-state index contributed by atoms with van der Waals surface area (Å²) in [7, 11) is 3.43. The second-order valence-corrected chi connectivity index (χ2v) is 5.58. The predicted molar refractivity (Wildman–Crippen MR) is 92.1 cm³/mol. The molecule has 0 fully saturated rings. The van der Waals surface area contributed by atoms with Crippen LogP contribution in [0, 0.1) is 24.0 Å². The Hall–Kier alpha value is -3.16. The van der Waals surface area contributed by atoms with Crippen LogP contribution in [0.2, 0.25) is 0 Å². The van der Waals surface area contributed by atoms with Crippen molar-refractivity contribution in [2.24, 2.45) is 7.05 Å². The monoisotopic (exact) mass is 345 g/mol. The number of rotatable bonds is 6. The number of ether oxygens (including phenoxy) is 1. The van der Waals surface area contributed by atoms with Crippen LogP contribution in [0.3, 0.4) is 0 Å². The number of anilines is 1. The van der Waals surface area contributed by atoms with Crippen molar-refractivity contribution < 1.29 is 19.2 Å². The highest BCUT2D eigenvalue weighted by Gasteiger charge is 2.20. The minimum Gasteiger partial charge on any atom is -0.454 e. The molecule has 0 bridgehead atoms. The molecule has 1 aromatic heterocycles. The Bertz CT molecular complexity index is 854. The summed E-state index contributed by atoms with van der Waals surface area (Å²) in [5.41, 5.74) is 2.35. The number of ketones is 1.